The molecule has 5 aromatic rings. The first-order chi connectivity index (χ1) is 14.4. The number of aromatic nitrogens is 7. The Hall–Kier alpha value is -3.36. The van der Waals surface area contributed by atoms with Gasteiger partial charge in [0, 0.05) is 35.0 Å². The van der Waals surface area contributed by atoms with E-state index in [4.69, 9.17) is 0 Å². The number of imidazole rings is 1. The number of nitrogens with zero attached hydrogens (tertiary/aromatic N) is 7. The topological polar surface area (TPSA) is 93.5 Å². The van der Waals surface area contributed by atoms with Crippen LogP contribution in [0.2, 0.25) is 0 Å². The monoisotopic (exact) mass is 425 g/mol. The number of fused-ring (bicyclic) bond motifs is 2. The number of benzene rings is 1. The van der Waals surface area contributed by atoms with Gasteiger partial charge in [0.2, 0.25) is 5.82 Å². The first-order valence-electron chi connectivity index (χ1n) is 8.86. The second-order valence-electron chi connectivity index (χ2n) is 6.64. The molecule has 0 aliphatic rings. The molecular formula is C19H14F2N7OP. The first kappa shape index (κ1) is 18.7. The number of hydrogen-bond donors (Lipinski definition) is 1. The second kappa shape index (κ2) is 6.86. The van der Waals surface area contributed by atoms with E-state index in [0.717, 1.165) is 9.82 Å². The fourth-order valence-electron chi connectivity index (χ4n) is 3.13. The van der Waals surface area contributed by atoms with E-state index in [-0.39, 0.29) is 11.3 Å². The third-order valence-electron chi connectivity index (χ3n) is 4.68. The number of hydrogen-bond acceptors (Lipinski definition) is 6. The average Bonchev–Trinajstić information content (AvgIpc) is 3.39. The highest BCUT2D eigenvalue weighted by molar-refractivity contribution is 7.59. The fourth-order valence-corrected chi connectivity index (χ4v) is 3.75. The average molecular weight is 425 g/mol. The minimum atomic E-state index is -3.46. The van der Waals surface area contributed by atoms with Gasteiger partial charge in [-0.05, 0) is 24.9 Å². The first-order valence-corrected chi connectivity index (χ1v) is 10.6. The normalized spacial score (nSPS) is 13.2. The van der Waals surface area contributed by atoms with Crippen molar-refractivity contribution in [2.24, 2.45) is 0 Å². The molecule has 0 fully saturated rings. The van der Waals surface area contributed by atoms with Crippen molar-refractivity contribution in [1.29, 1.82) is 0 Å². The SMILES string of the molecule is CP(O)c1cccc(-c2cnc3nnc(C(F)(F)c4ccc5nccn5c4)n3n2)c1. The van der Waals surface area contributed by atoms with Crippen LogP contribution in [0, 0.1) is 0 Å². The van der Waals surface area contributed by atoms with Crippen molar-refractivity contribution in [2.75, 3.05) is 6.66 Å². The number of pyridine rings is 1. The summed E-state index contributed by atoms with van der Waals surface area (Å²) < 4.78 is 33.1. The van der Waals surface area contributed by atoms with E-state index >= 15 is 8.78 Å². The third kappa shape index (κ3) is 3.01. The van der Waals surface area contributed by atoms with Crippen LogP contribution in [0.4, 0.5) is 8.78 Å². The molecule has 1 N–H and O–H groups in total. The summed E-state index contributed by atoms with van der Waals surface area (Å²) in [5.74, 6) is -4.13. The van der Waals surface area contributed by atoms with E-state index in [0.29, 0.717) is 16.9 Å². The zero-order valence-electron chi connectivity index (χ0n) is 15.6. The minimum Gasteiger partial charge on any atom is -0.369 e. The lowest BCUT2D eigenvalue weighted by Gasteiger charge is -2.15. The Morgan fingerprint density at radius 1 is 1.10 bits per heavy atom. The lowest BCUT2D eigenvalue weighted by molar-refractivity contribution is 0.0301. The van der Waals surface area contributed by atoms with E-state index in [1.54, 1.807) is 37.1 Å². The van der Waals surface area contributed by atoms with Crippen molar-refractivity contribution in [3.63, 3.8) is 0 Å². The summed E-state index contributed by atoms with van der Waals surface area (Å²) in [6, 6.07) is 9.91. The number of halogens is 2. The van der Waals surface area contributed by atoms with Gasteiger partial charge in [0.1, 0.15) is 11.3 Å². The molecular weight excluding hydrogens is 411 g/mol. The molecule has 0 radical (unpaired) electrons. The summed E-state index contributed by atoms with van der Waals surface area (Å²) >= 11 is 0. The predicted octanol–water partition coefficient (Wildman–Crippen LogP) is 2.62. The molecule has 0 saturated carbocycles. The van der Waals surface area contributed by atoms with E-state index < -0.39 is 19.9 Å². The van der Waals surface area contributed by atoms with Gasteiger partial charge in [-0.1, -0.05) is 18.2 Å². The molecule has 150 valence electrons. The molecule has 0 aliphatic carbocycles. The Bertz CT molecular complexity index is 1380. The van der Waals surface area contributed by atoms with Crippen LogP contribution < -0.4 is 5.30 Å². The van der Waals surface area contributed by atoms with Crippen molar-refractivity contribution in [2.45, 2.75) is 5.92 Å². The van der Waals surface area contributed by atoms with Gasteiger partial charge in [-0.15, -0.1) is 10.2 Å². The largest absolute Gasteiger partial charge is 0.369 e. The standard InChI is InChI=1S/C19H14F2N7OP/c1-30(29)14-4-2-3-12(9-14)15-10-23-18-25-24-17(28(18)26-15)19(20,21)13-5-6-16-22-7-8-27(16)11-13/h2-11,29H,1H3. The molecule has 0 aliphatic heterocycles. The summed E-state index contributed by atoms with van der Waals surface area (Å²) in [6.45, 7) is 1.71. The Morgan fingerprint density at radius 2 is 1.97 bits per heavy atom. The predicted molar refractivity (Wildman–Crippen MR) is 107 cm³/mol. The molecule has 11 heteroatoms. The van der Waals surface area contributed by atoms with Crippen LogP contribution >= 0.6 is 8.15 Å². The molecule has 0 saturated heterocycles. The highest BCUT2D eigenvalue weighted by atomic mass is 31.1. The summed E-state index contributed by atoms with van der Waals surface area (Å²) in [5, 5.41) is 12.5. The van der Waals surface area contributed by atoms with Gasteiger partial charge in [0.25, 0.3) is 5.78 Å². The van der Waals surface area contributed by atoms with Crippen LogP contribution in [0.25, 0.3) is 22.7 Å². The summed E-state index contributed by atoms with van der Waals surface area (Å²) in [6.07, 6.45) is 5.86. The Morgan fingerprint density at radius 3 is 2.80 bits per heavy atom. The molecule has 1 atom stereocenters. The fraction of sp³-hybridized carbons (Fsp3) is 0.105. The van der Waals surface area contributed by atoms with Crippen molar-refractivity contribution in [1.82, 2.24) is 34.2 Å². The molecule has 5 rings (SSSR count). The van der Waals surface area contributed by atoms with Crippen molar-refractivity contribution >= 4 is 24.9 Å². The molecule has 0 amide bonds. The number of alkyl halides is 2. The van der Waals surface area contributed by atoms with Crippen LogP contribution in [-0.2, 0) is 5.92 Å². The van der Waals surface area contributed by atoms with Gasteiger partial charge in [0.15, 0.2) is 0 Å². The maximum atomic E-state index is 15.3. The van der Waals surface area contributed by atoms with E-state index in [1.807, 2.05) is 0 Å². The Kier molecular flexibility index (Phi) is 4.27. The van der Waals surface area contributed by atoms with Crippen molar-refractivity contribution < 1.29 is 13.7 Å². The molecule has 4 heterocycles. The molecule has 30 heavy (non-hydrogen) atoms. The lowest BCUT2D eigenvalue weighted by atomic mass is 10.1. The quantitative estimate of drug-likeness (QED) is 0.445. The maximum absolute atomic E-state index is 15.3. The zero-order chi connectivity index (χ0) is 20.9. The summed E-state index contributed by atoms with van der Waals surface area (Å²) in [5.41, 5.74) is 1.30. The summed E-state index contributed by atoms with van der Waals surface area (Å²) in [7, 11) is -1.30. The van der Waals surface area contributed by atoms with Crippen molar-refractivity contribution in [3.8, 4) is 11.3 Å². The van der Waals surface area contributed by atoms with Crippen LogP contribution in [0.15, 0.2) is 61.2 Å². The highest BCUT2D eigenvalue weighted by Crippen LogP contribution is 2.34. The minimum absolute atomic E-state index is 0.0341. The van der Waals surface area contributed by atoms with Crippen LogP contribution in [-0.4, -0.2) is 45.7 Å². The Labute approximate surface area is 169 Å². The highest BCUT2D eigenvalue weighted by Gasteiger charge is 2.40. The maximum Gasteiger partial charge on any atom is 0.335 e. The van der Waals surface area contributed by atoms with E-state index in [9.17, 15) is 4.89 Å². The van der Waals surface area contributed by atoms with Gasteiger partial charge >= 0.3 is 5.92 Å². The molecule has 1 aromatic carbocycles. The van der Waals surface area contributed by atoms with Crippen LogP contribution in [0.5, 0.6) is 0 Å². The summed E-state index contributed by atoms with van der Waals surface area (Å²) in [4.78, 5) is 18.1. The van der Waals surface area contributed by atoms with Crippen LogP contribution in [0.3, 0.4) is 0 Å². The van der Waals surface area contributed by atoms with E-state index in [2.05, 4.69) is 25.3 Å². The second-order valence-corrected chi connectivity index (χ2v) is 8.20. The van der Waals surface area contributed by atoms with Crippen molar-refractivity contribution in [3.05, 3.63) is 72.6 Å². The van der Waals surface area contributed by atoms with Crippen LogP contribution in [0.1, 0.15) is 11.4 Å². The van der Waals surface area contributed by atoms with Gasteiger partial charge in [-0.3, -0.25) is 0 Å². The molecule has 1 unspecified atom stereocenters. The van der Waals surface area contributed by atoms with E-state index in [1.165, 1.54) is 35.1 Å². The zero-order valence-corrected chi connectivity index (χ0v) is 16.4. The molecule has 8 nitrogen and oxygen atoms in total. The molecule has 0 spiro atoms. The molecule has 4 aromatic heterocycles. The van der Waals surface area contributed by atoms with Gasteiger partial charge in [0.05, 0.1) is 14.3 Å². The third-order valence-corrected chi connectivity index (χ3v) is 5.71. The Balaban J connectivity index is 1.63. The van der Waals surface area contributed by atoms with Gasteiger partial charge in [-0.2, -0.15) is 18.4 Å². The number of rotatable bonds is 4. The smallest absolute Gasteiger partial charge is 0.335 e. The van der Waals surface area contributed by atoms with Gasteiger partial charge in [-0.25, -0.2) is 9.97 Å². The van der Waals surface area contributed by atoms with Gasteiger partial charge < -0.3 is 9.29 Å². The lowest BCUT2D eigenvalue weighted by Crippen LogP contribution is -2.21. The molecule has 0 bridgehead atoms.